The van der Waals surface area contributed by atoms with Crippen molar-refractivity contribution < 1.29 is 9.59 Å². The van der Waals surface area contributed by atoms with Crippen LogP contribution in [-0.4, -0.2) is 48.6 Å². The van der Waals surface area contributed by atoms with E-state index in [0.29, 0.717) is 5.92 Å². The van der Waals surface area contributed by atoms with Gasteiger partial charge in [0.2, 0.25) is 0 Å². The molecule has 0 spiro atoms. The first-order valence-corrected chi connectivity index (χ1v) is 11.5. The lowest BCUT2D eigenvalue weighted by Gasteiger charge is -2.02. The Balaban J connectivity index is 0. The molecule has 0 fully saturated rings. The number of thioether (sulfide) groups is 3. The predicted octanol–water partition coefficient (Wildman–Crippen LogP) is 4.75. The molecule has 0 aliphatic heterocycles. The normalized spacial score (nSPS) is 13.1. The number of aldehydes is 2. The molecule has 22 heavy (non-hydrogen) atoms. The van der Waals surface area contributed by atoms with Gasteiger partial charge in [-0.15, -0.1) is 0 Å². The van der Waals surface area contributed by atoms with E-state index in [1.807, 2.05) is 18.6 Å². The highest BCUT2D eigenvalue weighted by atomic mass is 32.2. The molecule has 0 amide bonds. The molecule has 0 aliphatic carbocycles. The second-order valence-corrected chi connectivity index (χ2v) is 7.51. The first-order valence-electron chi connectivity index (χ1n) is 7.36. The highest BCUT2D eigenvalue weighted by molar-refractivity contribution is 7.99. The molecule has 0 aromatic rings. The predicted molar refractivity (Wildman–Crippen MR) is 108 cm³/mol. The van der Waals surface area contributed by atoms with Crippen molar-refractivity contribution in [1.29, 1.82) is 0 Å². The Hall–Kier alpha value is -0.130. The van der Waals surface area contributed by atoms with Gasteiger partial charge in [-0.1, -0.05) is 32.4 Å². The molecule has 0 aromatic heterocycles. The zero-order valence-corrected chi connectivity index (χ0v) is 16.9. The van der Waals surface area contributed by atoms with Crippen molar-refractivity contribution in [3.63, 3.8) is 0 Å². The van der Waals surface area contributed by atoms with E-state index in [2.05, 4.69) is 26.2 Å². The average Bonchev–Trinajstić information content (AvgIpc) is 2.54. The summed E-state index contributed by atoms with van der Waals surface area (Å²) in [5.41, 5.74) is 1.85. The molecular formula is C17H30O2S3. The number of rotatable bonds is 11. The Morgan fingerprint density at radius 3 is 1.91 bits per heavy atom. The van der Waals surface area contributed by atoms with Crippen LogP contribution in [0.25, 0.3) is 0 Å². The monoisotopic (exact) mass is 362 g/mol. The van der Waals surface area contributed by atoms with E-state index in [4.69, 9.17) is 0 Å². The van der Waals surface area contributed by atoms with E-state index in [-0.39, 0.29) is 0 Å². The van der Waals surface area contributed by atoms with Crippen LogP contribution in [0.4, 0.5) is 0 Å². The van der Waals surface area contributed by atoms with Gasteiger partial charge in [-0.05, 0) is 48.0 Å². The quantitative estimate of drug-likeness (QED) is 0.301. The second kappa shape index (κ2) is 18.9. The van der Waals surface area contributed by atoms with Gasteiger partial charge in [0, 0.05) is 11.5 Å². The number of hydrogen-bond acceptors (Lipinski definition) is 5. The van der Waals surface area contributed by atoms with Crippen LogP contribution in [0.1, 0.15) is 26.7 Å². The van der Waals surface area contributed by atoms with Crippen LogP contribution >= 0.6 is 35.3 Å². The standard InChI is InChI=1S/C9H16OS.C8H14OS2/c1-4-8(2)5-9(6-10)7-11-3;1-10-5-3-4-8(6-9)7-11-2/h5-6,8H,4,7H2,1-3H3;4,6H,3,5,7H2,1-2H3. The Morgan fingerprint density at radius 1 is 0.955 bits per heavy atom. The van der Waals surface area contributed by atoms with Crippen molar-refractivity contribution in [1.82, 2.24) is 0 Å². The first-order chi connectivity index (χ1) is 10.6. The minimum absolute atomic E-state index is 0.530. The Labute approximate surface area is 149 Å². The van der Waals surface area contributed by atoms with Gasteiger partial charge in [-0.2, -0.15) is 35.3 Å². The lowest BCUT2D eigenvalue weighted by molar-refractivity contribution is -0.105. The number of carbonyl (C=O) groups is 2. The van der Waals surface area contributed by atoms with Crippen molar-refractivity contribution in [2.24, 2.45) is 5.92 Å². The molecule has 1 atom stereocenters. The lowest BCUT2D eigenvalue weighted by atomic mass is 10.1. The van der Waals surface area contributed by atoms with E-state index in [0.717, 1.165) is 53.8 Å². The molecule has 0 heterocycles. The van der Waals surface area contributed by atoms with Crippen molar-refractivity contribution in [3.05, 3.63) is 23.3 Å². The molecule has 0 bridgehead atoms. The van der Waals surface area contributed by atoms with Crippen LogP contribution in [0.2, 0.25) is 0 Å². The van der Waals surface area contributed by atoms with Crippen molar-refractivity contribution >= 4 is 47.9 Å². The van der Waals surface area contributed by atoms with E-state index < -0.39 is 0 Å². The second-order valence-electron chi connectivity index (χ2n) is 4.79. The Kier molecular flexibility index (Phi) is 20.7. The van der Waals surface area contributed by atoms with Crippen LogP contribution in [0.3, 0.4) is 0 Å². The molecular weight excluding hydrogens is 332 g/mol. The van der Waals surface area contributed by atoms with Gasteiger partial charge >= 0.3 is 0 Å². The summed E-state index contributed by atoms with van der Waals surface area (Å²) in [6.45, 7) is 4.26. The van der Waals surface area contributed by atoms with Crippen LogP contribution in [0.5, 0.6) is 0 Å². The Morgan fingerprint density at radius 2 is 1.50 bits per heavy atom. The summed E-state index contributed by atoms with van der Waals surface area (Å²) >= 11 is 5.18. The fourth-order valence-electron chi connectivity index (χ4n) is 1.44. The van der Waals surface area contributed by atoms with E-state index >= 15 is 0 Å². The summed E-state index contributed by atoms with van der Waals surface area (Å²) in [4.78, 5) is 20.9. The number of hydrogen-bond donors (Lipinski definition) is 0. The third-order valence-electron chi connectivity index (χ3n) is 2.80. The zero-order chi connectivity index (χ0) is 17.2. The maximum Gasteiger partial charge on any atom is 0.146 e. The summed E-state index contributed by atoms with van der Waals surface area (Å²) in [5.74, 6) is 3.32. The minimum atomic E-state index is 0.530. The lowest BCUT2D eigenvalue weighted by Crippen LogP contribution is -1.94. The molecule has 128 valence electrons. The van der Waals surface area contributed by atoms with Gasteiger partial charge in [-0.25, -0.2) is 0 Å². The van der Waals surface area contributed by atoms with Crippen LogP contribution in [0, 0.1) is 5.92 Å². The molecule has 0 radical (unpaired) electrons. The molecule has 0 aliphatic rings. The SMILES string of the molecule is CCC(C)C=C(C=O)CSC.CSCCC=C(C=O)CSC. The van der Waals surface area contributed by atoms with Gasteiger partial charge in [0.1, 0.15) is 12.6 Å². The number of allylic oxidation sites excluding steroid dienone is 2. The maximum atomic E-state index is 10.5. The summed E-state index contributed by atoms with van der Waals surface area (Å²) in [7, 11) is 0. The summed E-state index contributed by atoms with van der Waals surface area (Å²) in [5, 5.41) is 0. The highest BCUT2D eigenvalue weighted by Gasteiger charge is 1.97. The largest absolute Gasteiger partial charge is 0.298 e. The fourth-order valence-corrected chi connectivity index (χ4v) is 2.81. The van der Waals surface area contributed by atoms with Gasteiger partial charge in [-0.3, -0.25) is 9.59 Å². The van der Waals surface area contributed by atoms with Crippen molar-refractivity contribution in [2.45, 2.75) is 26.7 Å². The molecule has 0 saturated heterocycles. The molecule has 1 unspecified atom stereocenters. The molecule has 0 N–H and O–H groups in total. The molecule has 0 aromatic carbocycles. The van der Waals surface area contributed by atoms with Crippen LogP contribution in [-0.2, 0) is 9.59 Å². The number of carbonyl (C=O) groups excluding carboxylic acids is 2. The van der Waals surface area contributed by atoms with Gasteiger partial charge in [0.25, 0.3) is 0 Å². The van der Waals surface area contributed by atoms with Crippen LogP contribution in [0.15, 0.2) is 23.3 Å². The van der Waals surface area contributed by atoms with E-state index in [1.54, 1.807) is 35.3 Å². The van der Waals surface area contributed by atoms with Crippen LogP contribution < -0.4 is 0 Å². The summed E-state index contributed by atoms with van der Waals surface area (Å²) < 4.78 is 0. The minimum Gasteiger partial charge on any atom is -0.298 e. The Bertz CT molecular complexity index is 339. The van der Waals surface area contributed by atoms with E-state index in [1.165, 1.54) is 0 Å². The zero-order valence-electron chi connectivity index (χ0n) is 14.5. The third kappa shape index (κ3) is 16.2. The smallest absolute Gasteiger partial charge is 0.146 e. The molecule has 0 saturated carbocycles. The van der Waals surface area contributed by atoms with Gasteiger partial charge < -0.3 is 0 Å². The van der Waals surface area contributed by atoms with E-state index in [9.17, 15) is 9.59 Å². The van der Waals surface area contributed by atoms with Gasteiger partial charge in [0.05, 0.1) is 0 Å². The van der Waals surface area contributed by atoms with Crippen molar-refractivity contribution in [2.75, 3.05) is 36.0 Å². The molecule has 0 rings (SSSR count). The third-order valence-corrected chi connectivity index (χ3v) is 4.68. The fraction of sp³-hybridized carbons (Fsp3) is 0.647. The first kappa shape index (κ1) is 24.1. The summed E-state index contributed by atoms with van der Waals surface area (Å²) in [6.07, 6.45) is 14.2. The molecule has 5 heteroatoms. The van der Waals surface area contributed by atoms with Gasteiger partial charge in [0.15, 0.2) is 0 Å². The average molecular weight is 363 g/mol. The highest BCUT2D eigenvalue weighted by Crippen LogP contribution is 2.09. The summed E-state index contributed by atoms with van der Waals surface area (Å²) in [6, 6.07) is 0. The van der Waals surface area contributed by atoms with Crippen molar-refractivity contribution in [3.8, 4) is 0 Å². The topological polar surface area (TPSA) is 34.1 Å². The maximum absolute atomic E-state index is 10.5. The molecule has 2 nitrogen and oxygen atoms in total.